The van der Waals surface area contributed by atoms with Crippen LogP contribution in [0.4, 0.5) is 5.69 Å². The van der Waals surface area contributed by atoms with E-state index in [4.69, 9.17) is 0 Å². The van der Waals surface area contributed by atoms with Gasteiger partial charge in [-0.3, -0.25) is 4.79 Å². The van der Waals surface area contributed by atoms with Crippen LogP contribution in [0.1, 0.15) is 23.9 Å². The zero-order valence-corrected chi connectivity index (χ0v) is 13.2. The van der Waals surface area contributed by atoms with Crippen molar-refractivity contribution in [3.63, 3.8) is 0 Å². The number of nitrogens with one attached hydrogen (secondary N) is 1. The summed E-state index contributed by atoms with van der Waals surface area (Å²) in [5.74, 6) is -0.209. The predicted octanol–water partition coefficient (Wildman–Crippen LogP) is 2.00. The summed E-state index contributed by atoms with van der Waals surface area (Å²) in [6.45, 7) is 6.72. The molecule has 0 radical (unpaired) electrons. The first-order valence-electron chi connectivity index (χ1n) is 6.39. The van der Waals surface area contributed by atoms with Crippen molar-refractivity contribution in [1.29, 1.82) is 0 Å². The van der Waals surface area contributed by atoms with E-state index >= 15 is 0 Å². The molecule has 0 aliphatic heterocycles. The van der Waals surface area contributed by atoms with Crippen LogP contribution in [0, 0.1) is 20.8 Å². The molecule has 0 bridgehead atoms. The lowest BCUT2D eigenvalue weighted by atomic mass is 10.2. The van der Waals surface area contributed by atoms with E-state index in [0.717, 1.165) is 9.65 Å². The molecule has 21 heavy (non-hydrogen) atoms. The highest BCUT2D eigenvalue weighted by Gasteiger charge is 2.22. The van der Waals surface area contributed by atoms with Crippen molar-refractivity contribution in [2.75, 3.05) is 5.32 Å². The van der Waals surface area contributed by atoms with Crippen LogP contribution in [0.25, 0.3) is 0 Å². The topological polar surface area (TPSA) is 81.1 Å². The van der Waals surface area contributed by atoms with Crippen molar-refractivity contribution in [1.82, 2.24) is 9.19 Å². The second-order valence-electron chi connectivity index (χ2n) is 4.85. The second-order valence-corrected chi connectivity index (χ2v) is 6.62. The Labute approximate surface area is 123 Å². The molecule has 0 spiro atoms. The van der Waals surface area contributed by atoms with E-state index in [1.54, 1.807) is 26.0 Å². The highest BCUT2D eigenvalue weighted by molar-refractivity contribution is 7.89. The minimum absolute atomic E-state index is 0.127. The van der Waals surface area contributed by atoms with E-state index in [9.17, 15) is 13.2 Å². The van der Waals surface area contributed by atoms with Crippen LogP contribution in [-0.2, 0) is 14.8 Å². The van der Waals surface area contributed by atoms with Crippen LogP contribution >= 0.6 is 0 Å². The number of aryl methyl sites for hydroxylation is 1. The van der Waals surface area contributed by atoms with Crippen LogP contribution in [0.15, 0.2) is 29.2 Å². The van der Waals surface area contributed by atoms with Gasteiger partial charge in [0.25, 0.3) is 10.0 Å². The van der Waals surface area contributed by atoms with Gasteiger partial charge in [-0.1, -0.05) is 0 Å². The maximum Gasteiger partial charge on any atom is 0.283 e. The molecule has 0 fully saturated rings. The fraction of sp³-hybridized carbons (Fsp3) is 0.286. The third-order valence-corrected chi connectivity index (χ3v) is 4.99. The molecule has 7 heteroatoms. The van der Waals surface area contributed by atoms with Gasteiger partial charge in [-0.25, -0.2) is 0 Å². The van der Waals surface area contributed by atoms with Gasteiger partial charge in [-0.2, -0.15) is 17.6 Å². The van der Waals surface area contributed by atoms with Crippen molar-refractivity contribution in [2.24, 2.45) is 0 Å². The van der Waals surface area contributed by atoms with Gasteiger partial charge in [0.1, 0.15) is 0 Å². The molecule has 112 valence electrons. The molecule has 0 saturated heterocycles. The maximum absolute atomic E-state index is 12.6. The van der Waals surface area contributed by atoms with E-state index in [1.165, 1.54) is 19.1 Å². The highest BCUT2D eigenvalue weighted by atomic mass is 32.2. The quantitative estimate of drug-likeness (QED) is 0.940. The van der Waals surface area contributed by atoms with Crippen LogP contribution in [0.2, 0.25) is 0 Å². The minimum Gasteiger partial charge on any atom is -0.326 e. The van der Waals surface area contributed by atoms with Gasteiger partial charge in [-0.15, -0.1) is 0 Å². The fourth-order valence-corrected chi connectivity index (χ4v) is 3.35. The fourth-order valence-electron chi connectivity index (χ4n) is 1.94. The van der Waals surface area contributed by atoms with Gasteiger partial charge in [0.15, 0.2) is 0 Å². The Morgan fingerprint density at radius 1 is 1.14 bits per heavy atom. The van der Waals surface area contributed by atoms with Gasteiger partial charge >= 0.3 is 0 Å². The summed E-state index contributed by atoms with van der Waals surface area (Å²) < 4.78 is 26.2. The number of benzene rings is 1. The number of hydrogen-bond donors (Lipinski definition) is 1. The third-order valence-electron chi connectivity index (χ3n) is 3.31. The molecule has 2 aromatic rings. The summed E-state index contributed by atoms with van der Waals surface area (Å²) in [6.07, 6.45) is 0. The summed E-state index contributed by atoms with van der Waals surface area (Å²) in [7, 11) is -3.72. The zero-order valence-electron chi connectivity index (χ0n) is 12.3. The molecule has 2 rings (SSSR count). The molecule has 0 aliphatic rings. The summed E-state index contributed by atoms with van der Waals surface area (Å²) in [6, 6.07) is 6.00. The molecule has 6 nitrogen and oxygen atoms in total. The molecule has 0 atom stereocenters. The molecular weight excluding hydrogens is 290 g/mol. The number of carbonyl (C=O) groups excluding carboxylic acids is 1. The Morgan fingerprint density at radius 3 is 2.14 bits per heavy atom. The number of nitrogens with zero attached hydrogens (tertiary/aromatic N) is 2. The molecule has 1 heterocycles. The van der Waals surface area contributed by atoms with Crippen LogP contribution in [0.3, 0.4) is 0 Å². The zero-order chi connectivity index (χ0) is 15.8. The van der Waals surface area contributed by atoms with E-state index < -0.39 is 10.0 Å². The molecule has 1 aromatic heterocycles. The van der Waals surface area contributed by atoms with Crippen LogP contribution < -0.4 is 5.32 Å². The van der Waals surface area contributed by atoms with Crippen LogP contribution in [-0.4, -0.2) is 23.5 Å². The van der Waals surface area contributed by atoms with Crippen LogP contribution in [0.5, 0.6) is 0 Å². The smallest absolute Gasteiger partial charge is 0.283 e. The van der Waals surface area contributed by atoms with E-state index in [2.05, 4.69) is 10.4 Å². The number of amides is 1. The summed E-state index contributed by atoms with van der Waals surface area (Å²) >= 11 is 0. The van der Waals surface area contributed by atoms with Crippen molar-refractivity contribution >= 4 is 21.6 Å². The number of hydrogen-bond acceptors (Lipinski definition) is 4. The average molecular weight is 307 g/mol. The molecule has 1 N–H and O–H groups in total. The second kappa shape index (κ2) is 5.33. The monoisotopic (exact) mass is 307 g/mol. The van der Waals surface area contributed by atoms with Crippen molar-refractivity contribution in [2.45, 2.75) is 32.6 Å². The first-order chi connectivity index (χ1) is 9.73. The van der Waals surface area contributed by atoms with Gasteiger partial charge in [0, 0.05) is 12.6 Å². The average Bonchev–Trinajstić information content (AvgIpc) is 2.67. The van der Waals surface area contributed by atoms with E-state index in [-0.39, 0.29) is 10.8 Å². The molecule has 1 aromatic carbocycles. The first-order valence-corrected chi connectivity index (χ1v) is 7.83. The van der Waals surface area contributed by atoms with Crippen molar-refractivity contribution in [3.05, 3.63) is 41.2 Å². The predicted molar refractivity (Wildman–Crippen MR) is 79.8 cm³/mol. The van der Waals surface area contributed by atoms with Crippen molar-refractivity contribution < 1.29 is 13.2 Å². The number of rotatable bonds is 3. The Morgan fingerprint density at radius 2 is 1.71 bits per heavy atom. The summed E-state index contributed by atoms with van der Waals surface area (Å²) in [5.41, 5.74) is 2.68. The highest BCUT2D eigenvalue weighted by Crippen LogP contribution is 2.20. The Hall–Kier alpha value is -2.15. The molecule has 0 saturated carbocycles. The largest absolute Gasteiger partial charge is 0.326 e. The molecule has 1 amide bonds. The Kier molecular flexibility index (Phi) is 3.87. The van der Waals surface area contributed by atoms with Gasteiger partial charge < -0.3 is 5.32 Å². The van der Waals surface area contributed by atoms with Crippen molar-refractivity contribution in [3.8, 4) is 0 Å². The standard InChI is InChI=1S/C14H17N3O3S/c1-9-10(2)16-17(11(9)3)21(19,20)14-7-5-13(6-8-14)15-12(4)18/h5-8H,1-4H3,(H,15,18). The Balaban J connectivity index is 2.44. The normalized spacial score (nSPS) is 11.4. The lowest BCUT2D eigenvalue weighted by Crippen LogP contribution is -2.16. The van der Waals surface area contributed by atoms with E-state index in [1.807, 2.05) is 6.92 Å². The number of anilines is 1. The summed E-state index contributed by atoms with van der Waals surface area (Å²) in [4.78, 5) is 11.1. The summed E-state index contributed by atoms with van der Waals surface area (Å²) in [5, 5.41) is 6.68. The number of carbonyl (C=O) groups is 1. The lowest BCUT2D eigenvalue weighted by Gasteiger charge is -2.08. The maximum atomic E-state index is 12.6. The Bertz CT molecular complexity index is 790. The number of aromatic nitrogens is 2. The van der Waals surface area contributed by atoms with Gasteiger partial charge in [0.2, 0.25) is 5.91 Å². The molecule has 0 unspecified atom stereocenters. The molecule has 0 aliphatic carbocycles. The lowest BCUT2D eigenvalue weighted by molar-refractivity contribution is -0.114. The molecular formula is C14H17N3O3S. The minimum atomic E-state index is -3.72. The first kappa shape index (κ1) is 15.2. The van der Waals surface area contributed by atoms with Gasteiger partial charge in [-0.05, 0) is 50.6 Å². The van der Waals surface area contributed by atoms with Gasteiger partial charge in [0.05, 0.1) is 16.3 Å². The SMILES string of the molecule is CC(=O)Nc1ccc(S(=O)(=O)n2nc(C)c(C)c2C)cc1. The van der Waals surface area contributed by atoms with E-state index in [0.29, 0.717) is 17.1 Å². The third kappa shape index (κ3) is 2.82.